The Kier molecular flexibility index (Phi) is 3.19. The topological polar surface area (TPSA) is 37.8 Å². The van der Waals surface area contributed by atoms with Gasteiger partial charge in [-0.15, -0.1) is 0 Å². The fourth-order valence-electron chi connectivity index (χ4n) is 2.49. The van der Waals surface area contributed by atoms with Crippen molar-refractivity contribution in [1.82, 2.24) is 9.97 Å². The second-order valence-corrected chi connectivity index (χ2v) is 5.93. The zero-order valence-corrected chi connectivity index (χ0v) is 12.3. The Labute approximate surface area is 117 Å². The van der Waals surface area contributed by atoms with Gasteiger partial charge in [-0.05, 0) is 26.0 Å². The van der Waals surface area contributed by atoms with Crippen LogP contribution in [0.1, 0.15) is 22.4 Å². The summed E-state index contributed by atoms with van der Waals surface area (Å²) in [7, 11) is 1.93. The Morgan fingerprint density at radius 3 is 2.47 bits per heavy atom. The lowest BCUT2D eigenvalue weighted by molar-refractivity contribution is 1.07. The molecule has 0 radical (unpaired) electrons. The van der Waals surface area contributed by atoms with Crippen LogP contribution >= 0.6 is 11.8 Å². The number of nitrogens with one attached hydrogen (secondary N) is 1. The van der Waals surface area contributed by atoms with Crippen molar-refractivity contribution in [3.63, 3.8) is 0 Å². The lowest BCUT2D eigenvalue weighted by Gasteiger charge is -2.10. The molecule has 1 N–H and O–H groups in total. The molecule has 1 aliphatic rings. The summed E-state index contributed by atoms with van der Waals surface area (Å²) >= 11 is 1.90. The lowest BCUT2D eigenvalue weighted by atomic mass is 10.1. The second-order valence-electron chi connectivity index (χ2n) is 4.94. The van der Waals surface area contributed by atoms with Gasteiger partial charge < -0.3 is 5.32 Å². The number of fused-ring (bicyclic) bond motifs is 1. The van der Waals surface area contributed by atoms with Crippen LogP contribution in [0, 0.1) is 13.8 Å². The molecule has 1 aromatic carbocycles. The molecule has 0 fully saturated rings. The molecule has 0 spiro atoms. The smallest absolute Gasteiger partial charge is 0.161 e. The first-order chi connectivity index (χ1) is 9.17. The van der Waals surface area contributed by atoms with Crippen LogP contribution in [0.5, 0.6) is 0 Å². The van der Waals surface area contributed by atoms with Crippen LogP contribution in [-0.2, 0) is 11.5 Å². The Bertz CT molecular complexity index is 617. The van der Waals surface area contributed by atoms with Crippen LogP contribution in [0.15, 0.2) is 18.2 Å². The van der Waals surface area contributed by atoms with Crippen molar-refractivity contribution < 1.29 is 0 Å². The highest BCUT2D eigenvalue weighted by molar-refractivity contribution is 7.98. The average Bonchev–Trinajstić information content (AvgIpc) is 2.84. The van der Waals surface area contributed by atoms with Crippen LogP contribution in [0.3, 0.4) is 0 Å². The highest BCUT2D eigenvalue weighted by Crippen LogP contribution is 2.34. The van der Waals surface area contributed by atoms with E-state index >= 15 is 0 Å². The van der Waals surface area contributed by atoms with Gasteiger partial charge in [0.15, 0.2) is 5.82 Å². The van der Waals surface area contributed by atoms with E-state index in [9.17, 15) is 0 Å². The van der Waals surface area contributed by atoms with Gasteiger partial charge in [0, 0.05) is 29.7 Å². The van der Waals surface area contributed by atoms with Gasteiger partial charge in [0.2, 0.25) is 0 Å². The van der Waals surface area contributed by atoms with Crippen LogP contribution in [0.2, 0.25) is 0 Å². The number of aryl methyl sites for hydroxylation is 2. The highest BCUT2D eigenvalue weighted by atomic mass is 32.2. The molecule has 2 heterocycles. The molecule has 0 saturated carbocycles. The Hall–Kier alpha value is -1.55. The molecule has 3 rings (SSSR count). The molecule has 0 saturated heterocycles. The number of benzene rings is 1. The third kappa shape index (κ3) is 2.32. The molecule has 0 unspecified atom stereocenters. The fraction of sp³-hybridized carbons (Fsp3) is 0.333. The molecule has 98 valence electrons. The number of aromatic nitrogens is 2. The molecule has 1 aromatic heterocycles. The maximum atomic E-state index is 4.74. The normalized spacial score (nSPS) is 13.4. The molecule has 0 atom stereocenters. The van der Waals surface area contributed by atoms with Gasteiger partial charge in [-0.3, -0.25) is 0 Å². The summed E-state index contributed by atoms with van der Waals surface area (Å²) in [6.45, 7) is 4.22. The van der Waals surface area contributed by atoms with E-state index in [2.05, 4.69) is 42.3 Å². The zero-order chi connectivity index (χ0) is 13.4. The highest BCUT2D eigenvalue weighted by Gasteiger charge is 2.19. The molecule has 3 nitrogen and oxygen atoms in total. The van der Waals surface area contributed by atoms with Crippen molar-refractivity contribution in [2.45, 2.75) is 25.4 Å². The minimum Gasteiger partial charge on any atom is -0.373 e. The molecular weight excluding hydrogens is 254 g/mol. The van der Waals surface area contributed by atoms with E-state index in [1.54, 1.807) is 0 Å². The maximum absolute atomic E-state index is 4.74. The summed E-state index contributed by atoms with van der Waals surface area (Å²) in [5.41, 5.74) is 6.05. The number of rotatable bonds is 2. The largest absolute Gasteiger partial charge is 0.373 e. The molecule has 0 bridgehead atoms. The van der Waals surface area contributed by atoms with Gasteiger partial charge in [0.05, 0.1) is 5.69 Å². The predicted molar refractivity (Wildman–Crippen MR) is 81.5 cm³/mol. The summed E-state index contributed by atoms with van der Waals surface area (Å²) in [4.78, 5) is 9.42. The first kappa shape index (κ1) is 12.5. The second kappa shape index (κ2) is 4.85. The van der Waals surface area contributed by atoms with Gasteiger partial charge >= 0.3 is 0 Å². The monoisotopic (exact) mass is 271 g/mol. The quantitative estimate of drug-likeness (QED) is 0.906. The third-order valence-corrected chi connectivity index (χ3v) is 4.26. The number of thioether (sulfide) groups is 1. The van der Waals surface area contributed by atoms with Crippen molar-refractivity contribution in [1.29, 1.82) is 0 Å². The van der Waals surface area contributed by atoms with Crippen LogP contribution < -0.4 is 5.32 Å². The molecule has 4 heteroatoms. The Morgan fingerprint density at radius 1 is 1.05 bits per heavy atom. The minimum absolute atomic E-state index is 0.831. The van der Waals surface area contributed by atoms with Crippen molar-refractivity contribution >= 4 is 17.6 Å². The van der Waals surface area contributed by atoms with Crippen LogP contribution in [-0.4, -0.2) is 17.0 Å². The van der Waals surface area contributed by atoms with E-state index < -0.39 is 0 Å². The number of hydrogen-bond acceptors (Lipinski definition) is 4. The maximum Gasteiger partial charge on any atom is 0.161 e. The van der Waals surface area contributed by atoms with Crippen LogP contribution in [0.4, 0.5) is 5.82 Å². The molecule has 1 aliphatic heterocycles. The zero-order valence-electron chi connectivity index (χ0n) is 11.4. The van der Waals surface area contributed by atoms with Crippen molar-refractivity contribution in [3.8, 4) is 11.4 Å². The van der Waals surface area contributed by atoms with Crippen molar-refractivity contribution in [2.24, 2.45) is 0 Å². The van der Waals surface area contributed by atoms with Gasteiger partial charge in [-0.2, -0.15) is 11.8 Å². The van der Waals surface area contributed by atoms with Gasteiger partial charge in [0.25, 0.3) is 0 Å². The van der Waals surface area contributed by atoms with Gasteiger partial charge in [0.1, 0.15) is 5.82 Å². The van der Waals surface area contributed by atoms with Crippen molar-refractivity contribution in [2.75, 3.05) is 12.4 Å². The Balaban J connectivity index is 2.15. The average molecular weight is 271 g/mol. The fourth-order valence-corrected chi connectivity index (χ4v) is 3.53. The molecular formula is C15H17N3S. The third-order valence-electron chi connectivity index (χ3n) is 3.29. The first-order valence-electron chi connectivity index (χ1n) is 6.41. The van der Waals surface area contributed by atoms with E-state index in [4.69, 9.17) is 4.98 Å². The first-order valence-corrected chi connectivity index (χ1v) is 7.57. The van der Waals surface area contributed by atoms with E-state index in [1.165, 1.54) is 22.4 Å². The number of nitrogens with zero attached hydrogens (tertiary/aromatic N) is 2. The lowest BCUT2D eigenvalue weighted by Crippen LogP contribution is -2.03. The summed E-state index contributed by atoms with van der Waals surface area (Å²) < 4.78 is 0. The van der Waals surface area contributed by atoms with Crippen molar-refractivity contribution in [3.05, 3.63) is 40.6 Å². The standard InChI is InChI=1S/C15H17N3S/c1-9-4-10(2)6-11(5-9)14-17-13-8-19-7-12(13)15(16-3)18-14/h4-6H,7-8H2,1-3H3,(H,16,17,18). The molecule has 19 heavy (non-hydrogen) atoms. The minimum atomic E-state index is 0.831. The number of anilines is 1. The van der Waals surface area contributed by atoms with Gasteiger partial charge in [-0.1, -0.05) is 17.2 Å². The molecule has 0 aliphatic carbocycles. The summed E-state index contributed by atoms with van der Waals surface area (Å²) in [5, 5.41) is 3.20. The van der Waals surface area contributed by atoms with Gasteiger partial charge in [-0.25, -0.2) is 9.97 Å². The summed E-state index contributed by atoms with van der Waals surface area (Å²) in [6, 6.07) is 6.47. The van der Waals surface area contributed by atoms with E-state index in [0.717, 1.165) is 28.7 Å². The predicted octanol–water partition coefficient (Wildman–Crippen LogP) is 3.55. The molecule has 2 aromatic rings. The molecule has 0 amide bonds. The number of hydrogen-bond donors (Lipinski definition) is 1. The van der Waals surface area contributed by atoms with Crippen LogP contribution in [0.25, 0.3) is 11.4 Å². The van der Waals surface area contributed by atoms with E-state index in [1.807, 2.05) is 18.8 Å². The summed E-state index contributed by atoms with van der Waals surface area (Å²) in [6.07, 6.45) is 0. The Morgan fingerprint density at radius 2 is 1.79 bits per heavy atom. The summed E-state index contributed by atoms with van der Waals surface area (Å²) in [5.74, 6) is 3.81. The van der Waals surface area contributed by atoms with E-state index in [-0.39, 0.29) is 0 Å². The van der Waals surface area contributed by atoms with E-state index in [0.29, 0.717) is 0 Å². The SMILES string of the molecule is CNc1nc(-c2cc(C)cc(C)c2)nc2c1CSC2.